The van der Waals surface area contributed by atoms with Crippen molar-refractivity contribution in [2.24, 2.45) is 0 Å². The molecule has 208 valence electrons. The van der Waals surface area contributed by atoms with Crippen LogP contribution < -0.4 is 5.32 Å². The van der Waals surface area contributed by atoms with Gasteiger partial charge in [-0.25, -0.2) is 14.2 Å². The van der Waals surface area contributed by atoms with E-state index in [0.717, 1.165) is 42.6 Å². The predicted molar refractivity (Wildman–Crippen MR) is 151 cm³/mol. The minimum absolute atomic E-state index is 0.00600. The lowest BCUT2D eigenvalue weighted by Crippen LogP contribution is -2.42. The molecule has 1 atom stereocenters. The van der Waals surface area contributed by atoms with Gasteiger partial charge in [-0.3, -0.25) is 14.9 Å². The van der Waals surface area contributed by atoms with Crippen molar-refractivity contribution in [1.82, 2.24) is 14.8 Å². The van der Waals surface area contributed by atoms with E-state index in [-0.39, 0.29) is 42.7 Å². The first-order valence-corrected chi connectivity index (χ1v) is 14.3. The molecule has 0 unspecified atom stereocenters. The molecule has 8 nitrogen and oxygen atoms in total. The highest BCUT2D eigenvalue weighted by Crippen LogP contribution is 2.26. The number of likely N-dealkylation sites (tertiary alicyclic amines) is 1. The Kier molecular flexibility index (Phi) is 10.1. The number of piperidine rings is 1. The third-order valence-corrected chi connectivity index (χ3v) is 8.27. The van der Waals surface area contributed by atoms with Crippen molar-refractivity contribution in [3.8, 4) is 0 Å². The second kappa shape index (κ2) is 13.7. The number of carbonyl (C=O) groups excluding carboxylic acids is 3. The standard InChI is InChI=1S/C28H32ClFN4O4S/c1-33(24(35)14-12-19-8-7-9-21(30)26(19)29)20(13-15-25(36)34-16-5-2-6-17-34)18-38-28(37)32-27-31-22-10-3-4-11-23(22)39-27/h3-4,7-11,20H,2,5-6,12-18H2,1H3,(H,31,32,37)/t20-/m0/s1. The van der Waals surface area contributed by atoms with Crippen LogP contribution in [0.1, 0.15) is 44.1 Å². The average molecular weight is 575 g/mol. The number of nitrogens with zero attached hydrogens (tertiary/aromatic N) is 3. The number of carbonyl (C=O) groups is 3. The van der Waals surface area contributed by atoms with Gasteiger partial charge >= 0.3 is 6.09 Å². The SMILES string of the molecule is CN(C(=O)CCc1cccc(F)c1Cl)[C@@H](CCC(=O)N1CCCCC1)COC(=O)Nc1nc2ccccc2s1. The van der Waals surface area contributed by atoms with Gasteiger partial charge in [0.25, 0.3) is 0 Å². The van der Waals surface area contributed by atoms with E-state index in [9.17, 15) is 18.8 Å². The Morgan fingerprint density at radius 2 is 1.90 bits per heavy atom. The minimum atomic E-state index is -0.686. The smallest absolute Gasteiger partial charge is 0.413 e. The predicted octanol–water partition coefficient (Wildman–Crippen LogP) is 5.89. The van der Waals surface area contributed by atoms with Gasteiger partial charge in [-0.05, 0) is 55.9 Å². The first-order chi connectivity index (χ1) is 18.8. The summed E-state index contributed by atoms with van der Waals surface area (Å²) in [6.07, 6.45) is 3.35. The number of thiazole rings is 1. The van der Waals surface area contributed by atoms with E-state index in [1.165, 1.54) is 22.3 Å². The summed E-state index contributed by atoms with van der Waals surface area (Å²) in [6.45, 7) is 1.40. The summed E-state index contributed by atoms with van der Waals surface area (Å²) < 4.78 is 20.2. The van der Waals surface area contributed by atoms with Gasteiger partial charge in [-0.2, -0.15) is 0 Å². The number of amides is 3. The number of aryl methyl sites for hydroxylation is 1. The molecular weight excluding hydrogens is 543 g/mol. The molecule has 0 radical (unpaired) electrons. The van der Waals surface area contributed by atoms with Crippen LogP contribution in [-0.2, 0) is 20.7 Å². The Morgan fingerprint density at radius 3 is 2.67 bits per heavy atom. The molecule has 1 aliphatic rings. The molecule has 39 heavy (non-hydrogen) atoms. The van der Waals surface area contributed by atoms with Crippen molar-refractivity contribution >= 4 is 56.2 Å². The topological polar surface area (TPSA) is 91.8 Å². The van der Waals surface area contributed by atoms with Gasteiger partial charge in [-0.1, -0.05) is 47.2 Å². The summed E-state index contributed by atoms with van der Waals surface area (Å²) in [5.41, 5.74) is 1.32. The van der Waals surface area contributed by atoms with Gasteiger partial charge in [0.15, 0.2) is 5.13 Å². The second-order valence-electron chi connectivity index (χ2n) is 9.56. The lowest BCUT2D eigenvalue weighted by molar-refractivity contribution is -0.136. The molecule has 1 aromatic heterocycles. The third-order valence-electron chi connectivity index (χ3n) is 6.89. The Bertz CT molecular complexity index is 1280. The molecule has 3 aromatic rings. The van der Waals surface area contributed by atoms with Crippen LogP contribution in [0.3, 0.4) is 0 Å². The number of halogens is 2. The minimum Gasteiger partial charge on any atom is -0.447 e. The van der Waals surface area contributed by atoms with Crippen LogP contribution in [0, 0.1) is 5.82 Å². The largest absolute Gasteiger partial charge is 0.447 e. The number of benzene rings is 2. The second-order valence-corrected chi connectivity index (χ2v) is 11.0. The summed E-state index contributed by atoms with van der Waals surface area (Å²) in [4.78, 5) is 46.1. The number of fused-ring (bicyclic) bond motifs is 1. The zero-order chi connectivity index (χ0) is 27.8. The Labute approximate surface area is 236 Å². The van der Waals surface area contributed by atoms with E-state index in [4.69, 9.17) is 16.3 Å². The van der Waals surface area contributed by atoms with E-state index in [2.05, 4.69) is 10.3 Å². The number of likely N-dealkylation sites (N-methyl/N-ethyl adjacent to an activating group) is 1. The Balaban J connectivity index is 1.36. The maximum Gasteiger partial charge on any atom is 0.413 e. The molecule has 1 aliphatic heterocycles. The highest BCUT2D eigenvalue weighted by atomic mass is 35.5. The number of nitrogens with one attached hydrogen (secondary N) is 1. The number of ether oxygens (including phenoxy) is 1. The molecule has 0 bridgehead atoms. The zero-order valence-electron chi connectivity index (χ0n) is 21.8. The van der Waals surface area contributed by atoms with Crippen LogP contribution >= 0.6 is 22.9 Å². The van der Waals surface area contributed by atoms with Crippen molar-refractivity contribution in [2.75, 3.05) is 32.1 Å². The lowest BCUT2D eigenvalue weighted by atomic mass is 10.1. The molecule has 11 heteroatoms. The summed E-state index contributed by atoms with van der Waals surface area (Å²) in [7, 11) is 1.63. The first-order valence-electron chi connectivity index (χ1n) is 13.1. The Morgan fingerprint density at radius 1 is 1.13 bits per heavy atom. The summed E-state index contributed by atoms with van der Waals surface area (Å²) in [5.74, 6) is -0.719. The fourth-order valence-electron chi connectivity index (χ4n) is 4.56. The molecule has 1 saturated heterocycles. The summed E-state index contributed by atoms with van der Waals surface area (Å²) in [5, 5.41) is 3.06. The lowest BCUT2D eigenvalue weighted by Gasteiger charge is -2.30. The molecule has 0 aliphatic carbocycles. The van der Waals surface area contributed by atoms with Crippen molar-refractivity contribution in [3.63, 3.8) is 0 Å². The van der Waals surface area contributed by atoms with E-state index < -0.39 is 18.0 Å². The average Bonchev–Trinajstić information content (AvgIpc) is 3.36. The fourth-order valence-corrected chi connectivity index (χ4v) is 5.64. The van der Waals surface area contributed by atoms with Gasteiger partial charge < -0.3 is 14.5 Å². The van der Waals surface area contributed by atoms with Crippen LogP contribution in [0.2, 0.25) is 5.02 Å². The van der Waals surface area contributed by atoms with Crippen molar-refractivity contribution in [2.45, 2.75) is 51.0 Å². The van der Waals surface area contributed by atoms with Gasteiger partial charge in [0.05, 0.1) is 21.3 Å². The van der Waals surface area contributed by atoms with E-state index >= 15 is 0 Å². The zero-order valence-corrected chi connectivity index (χ0v) is 23.4. The maximum absolute atomic E-state index is 13.8. The normalized spacial score (nSPS) is 14.2. The first kappa shape index (κ1) is 28.8. The molecule has 0 saturated carbocycles. The molecule has 1 fully saturated rings. The van der Waals surface area contributed by atoms with Crippen molar-refractivity contribution in [1.29, 1.82) is 0 Å². The summed E-state index contributed by atoms with van der Waals surface area (Å²) >= 11 is 7.38. The van der Waals surface area contributed by atoms with Gasteiger partial charge in [0.2, 0.25) is 11.8 Å². The van der Waals surface area contributed by atoms with Gasteiger partial charge in [0, 0.05) is 33.0 Å². The van der Waals surface area contributed by atoms with Gasteiger partial charge in [-0.15, -0.1) is 0 Å². The van der Waals surface area contributed by atoms with E-state index in [0.29, 0.717) is 17.1 Å². The van der Waals surface area contributed by atoms with Crippen LogP contribution in [0.5, 0.6) is 0 Å². The summed E-state index contributed by atoms with van der Waals surface area (Å²) in [6, 6.07) is 11.5. The van der Waals surface area contributed by atoms with Crippen molar-refractivity contribution in [3.05, 3.63) is 58.9 Å². The third kappa shape index (κ3) is 7.89. The number of aromatic nitrogens is 1. The highest BCUT2D eigenvalue weighted by Gasteiger charge is 2.25. The molecule has 2 heterocycles. The van der Waals surface area contributed by atoms with Crippen LogP contribution in [0.4, 0.5) is 14.3 Å². The number of para-hydroxylation sites is 1. The molecule has 4 rings (SSSR count). The molecular formula is C28H32ClFN4O4S. The highest BCUT2D eigenvalue weighted by molar-refractivity contribution is 7.22. The number of hydrogen-bond donors (Lipinski definition) is 1. The quantitative estimate of drug-likeness (QED) is 0.326. The molecule has 1 N–H and O–H groups in total. The van der Waals surface area contributed by atoms with Crippen molar-refractivity contribution < 1.29 is 23.5 Å². The maximum atomic E-state index is 13.8. The number of anilines is 1. The van der Waals surface area contributed by atoms with E-state index in [1.54, 1.807) is 19.2 Å². The number of rotatable bonds is 10. The molecule has 0 spiro atoms. The fraction of sp³-hybridized carbons (Fsp3) is 0.429. The van der Waals surface area contributed by atoms with Crippen LogP contribution in [-0.4, -0.2) is 65.5 Å². The van der Waals surface area contributed by atoms with Crippen LogP contribution in [0.25, 0.3) is 10.2 Å². The van der Waals surface area contributed by atoms with Crippen LogP contribution in [0.15, 0.2) is 42.5 Å². The molecule has 3 amide bonds. The number of hydrogen-bond acceptors (Lipinski definition) is 6. The monoisotopic (exact) mass is 574 g/mol. The molecule has 2 aromatic carbocycles. The van der Waals surface area contributed by atoms with Gasteiger partial charge in [0.1, 0.15) is 12.4 Å². The Hall–Kier alpha value is -3.24. The van der Waals surface area contributed by atoms with E-state index in [1.807, 2.05) is 29.2 Å².